The highest BCUT2D eigenvalue weighted by atomic mass is 16.5. The van der Waals surface area contributed by atoms with E-state index < -0.39 is 0 Å². The molecular weight excluding hydrogens is 330 g/mol. The summed E-state index contributed by atoms with van der Waals surface area (Å²) in [6, 6.07) is 8.25. The van der Waals surface area contributed by atoms with Crippen LogP contribution >= 0.6 is 0 Å². The van der Waals surface area contributed by atoms with Crippen molar-refractivity contribution in [3.8, 4) is 17.3 Å². The molecule has 0 aliphatic carbocycles. The fourth-order valence-corrected chi connectivity index (χ4v) is 2.91. The van der Waals surface area contributed by atoms with Crippen molar-refractivity contribution < 1.29 is 9.26 Å². The number of nitrogens with zero attached hydrogens (tertiary/aromatic N) is 4. The van der Waals surface area contributed by atoms with E-state index in [0.29, 0.717) is 5.89 Å². The molecule has 0 fully saturated rings. The van der Waals surface area contributed by atoms with E-state index in [4.69, 9.17) is 9.26 Å². The molecule has 0 bridgehead atoms. The summed E-state index contributed by atoms with van der Waals surface area (Å²) in [6.45, 7) is 5.62. The summed E-state index contributed by atoms with van der Waals surface area (Å²) >= 11 is 0. The molecule has 0 saturated heterocycles. The maximum atomic E-state index is 5.42. The predicted octanol–water partition coefficient (Wildman–Crippen LogP) is 2.68. The Balaban J connectivity index is 1.52. The van der Waals surface area contributed by atoms with Crippen LogP contribution < -0.4 is 10.1 Å². The summed E-state index contributed by atoms with van der Waals surface area (Å²) in [4.78, 5) is 4.35. The third-order valence-electron chi connectivity index (χ3n) is 4.36. The molecule has 0 unspecified atom stereocenters. The van der Waals surface area contributed by atoms with Crippen LogP contribution in [0.5, 0.6) is 5.88 Å². The smallest absolute Gasteiger partial charge is 0.257 e. The molecule has 2 heterocycles. The van der Waals surface area contributed by atoms with E-state index in [2.05, 4.69) is 32.7 Å². The molecule has 0 aliphatic heterocycles. The zero-order chi connectivity index (χ0) is 18.5. The number of hydrogen-bond donors (Lipinski definition) is 1. The van der Waals surface area contributed by atoms with Gasteiger partial charge in [0.1, 0.15) is 0 Å². The predicted molar refractivity (Wildman–Crippen MR) is 99.0 cm³/mol. The lowest BCUT2D eigenvalue weighted by Crippen LogP contribution is -2.17. The van der Waals surface area contributed by atoms with Gasteiger partial charge in [0.15, 0.2) is 5.82 Å². The Hall–Kier alpha value is -2.67. The van der Waals surface area contributed by atoms with Crippen LogP contribution in [0.1, 0.15) is 29.6 Å². The lowest BCUT2D eigenvalue weighted by Gasteiger charge is -2.07. The van der Waals surface area contributed by atoms with Gasteiger partial charge in [0.25, 0.3) is 5.89 Å². The van der Waals surface area contributed by atoms with Crippen LogP contribution in [0, 0.1) is 6.92 Å². The fourth-order valence-electron chi connectivity index (χ4n) is 2.91. The normalized spacial score (nSPS) is 11.1. The summed E-state index contributed by atoms with van der Waals surface area (Å²) in [7, 11) is 3.57. The van der Waals surface area contributed by atoms with Crippen molar-refractivity contribution in [3.63, 3.8) is 0 Å². The maximum Gasteiger partial charge on any atom is 0.257 e. The first kappa shape index (κ1) is 18.1. The molecule has 1 N–H and O–H groups in total. The van der Waals surface area contributed by atoms with Gasteiger partial charge in [-0.1, -0.05) is 24.2 Å². The maximum absolute atomic E-state index is 5.42. The first-order valence-electron chi connectivity index (χ1n) is 8.81. The number of hydrogen-bond acceptors (Lipinski definition) is 6. The monoisotopic (exact) mass is 355 g/mol. The minimum absolute atomic E-state index is 0.575. The van der Waals surface area contributed by atoms with Crippen LogP contribution in [0.4, 0.5) is 0 Å². The number of aromatic nitrogens is 4. The molecule has 0 spiro atoms. The van der Waals surface area contributed by atoms with Crippen LogP contribution in [0.2, 0.25) is 0 Å². The average Bonchev–Trinajstić information content (AvgIpc) is 3.23. The van der Waals surface area contributed by atoms with Crippen LogP contribution in [-0.2, 0) is 26.4 Å². The lowest BCUT2D eigenvalue weighted by molar-refractivity contribution is 0.368. The lowest BCUT2D eigenvalue weighted by atomic mass is 10.1. The molecule has 0 aliphatic rings. The minimum atomic E-state index is 0.575. The highest BCUT2D eigenvalue weighted by Gasteiger charge is 2.13. The van der Waals surface area contributed by atoms with E-state index in [1.807, 2.05) is 33.0 Å². The Morgan fingerprint density at radius 2 is 2.00 bits per heavy atom. The SMILES string of the molecule is CCc1noc(-c2ccc(CCNCc3c(C)nn(C)c3OC)cc2)n1. The van der Waals surface area contributed by atoms with Gasteiger partial charge in [-0.05, 0) is 37.6 Å². The number of methoxy groups -OCH3 is 1. The fraction of sp³-hybridized carbons (Fsp3) is 0.421. The second-order valence-corrected chi connectivity index (χ2v) is 6.19. The van der Waals surface area contributed by atoms with Crippen LogP contribution in [0.3, 0.4) is 0 Å². The van der Waals surface area contributed by atoms with Crippen molar-refractivity contribution in [2.24, 2.45) is 7.05 Å². The van der Waals surface area contributed by atoms with Crippen molar-refractivity contribution in [1.82, 2.24) is 25.2 Å². The summed E-state index contributed by atoms with van der Waals surface area (Å²) in [6.07, 6.45) is 1.71. The Bertz CT molecular complexity index is 851. The number of ether oxygens (including phenoxy) is 1. The van der Waals surface area contributed by atoms with Gasteiger partial charge in [0.2, 0.25) is 5.88 Å². The van der Waals surface area contributed by atoms with Gasteiger partial charge in [-0.25, -0.2) is 4.68 Å². The topological polar surface area (TPSA) is 78.0 Å². The molecular formula is C19H25N5O2. The van der Waals surface area contributed by atoms with Gasteiger partial charge < -0.3 is 14.6 Å². The van der Waals surface area contributed by atoms with E-state index in [1.54, 1.807) is 11.8 Å². The van der Waals surface area contributed by atoms with Gasteiger partial charge in [0.05, 0.1) is 18.4 Å². The van der Waals surface area contributed by atoms with Gasteiger partial charge in [-0.2, -0.15) is 10.1 Å². The number of rotatable bonds is 8. The molecule has 7 heteroatoms. The first-order valence-corrected chi connectivity index (χ1v) is 8.81. The first-order chi connectivity index (χ1) is 12.6. The van der Waals surface area contributed by atoms with E-state index in [-0.39, 0.29) is 0 Å². The molecule has 2 aromatic heterocycles. The highest BCUT2D eigenvalue weighted by molar-refractivity contribution is 5.53. The van der Waals surface area contributed by atoms with Crippen molar-refractivity contribution >= 4 is 0 Å². The van der Waals surface area contributed by atoms with Gasteiger partial charge in [-0.15, -0.1) is 0 Å². The highest BCUT2D eigenvalue weighted by Crippen LogP contribution is 2.21. The number of nitrogens with one attached hydrogen (secondary N) is 1. The molecule has 0 radical (unpaired) electrons. The Morgan fingerprint density at radius 1 is 1.23 bits per heavy atom. The largest absolute Gasteiger partial charge is 0.481 e. The summed E-state index contributed by atoms with van der Waals surface area (Å²) in [5.41, 5.74) is 4.30. The van der Waals surface area contributed by atoms with Crippen LogP contribution in [-0.4, -0.2) is 33.6 Å². The van der Waals surface area contributed by atoms with E-state index in [1.165, 1.54) is 5.56 Å². The molecule has 3 aromatic rings. The van der Waals surface area contributed by atoms with Crippen molar-refractivity contribution in [2.45, 2.75) is 33.2 Å². The summed E-state index contributed by atoms with van der Waals surface area (Å²) in [5, 5.41) is 11.8. The molecule has 7 nitrogen and oxygen atoms in total. The van der Waals surface area contributed by atoms with Crippen molar-refractivity contribution in [3.05, 3.63) is 46.9 Å². The number of aryl methyl sites for hydroxylation is 3. The molecule has 0 amide bonds. The second-order valence-electron chi connectivity index (χ2n) is 6.19. The molecule has 138 valence electrons. The third kappa shape index (κ3) is 3.94. The molecule has 26 heavy (non-hydrogen) atoms. The molecule has 1 aromatic carbocycles. The molecule has 0 saturated carbocycles. The minimum Gasteiger partial charge on any atom is -0.481 e. The average molecular weight is 355 g/mol. The molecule has 3 rings (SSSR count). The van der Waals surface area contributed by atoms with Gasteiger partial charge in [0, 0.05) is 25.6 Å². The van der Waals surface area contributed by atoms with E-state index in [9.17, 15) is 0 Å². The van der Waals surface area contributed by atoms with E-state index in [0.717, 1.165) is 54.5 Å². The molecule has 0 atom stereocenters. The summed E-state index contributed by atoms with van der Waals surface area (Å²) in [5.74, 6) is 2.12. The Morgan fingerprint density at radius 3 is 2.65 bits per heavy atom. The second kappa shape index (κ2) is 8.14. The third-order valence-corrected chi connectivity index (χ3v) is 4.36. The van der Waals surface area contributed by atoms with Gasteiger partial charge in [-0.3, -0.25) is 0 Å². The quantitative estimate of drug-likeness (QED) is 0.626. The van der Waals surface area contributed by atoms with Crippen molar-refractivity contribution in [2.75, 3.05) is 13.7 Å². The standard InChI is InChI=1S/C19H25N5O2/c1-5-17-21-18(26-23-17)15-8-6-14(7-9-15)10-11-20-12-16-13(2)22-24(3)19(16)25-4/h6-9,20H,5,10-12H2,1-4H3. The van der Waals surface area contributed by atoms with Crippen molar-refractivity contribution in [1.29, 1.82) is 0 Å². The van der Waals surface area contributed by atoms with Crippen LogP contribution in [0.15, 0.2) is 28.8 Å². The zero-order valence-electron chi connectivity index (χ0n) is 15.7. The van der Waals surface area contributed by atoms with E-state index >= 15 is 0 Å². The Labute approximate surface area is 153 Å². The van der Waals surface area contributed by atoms with Crippen LogP contribution in [0.25, 0.3) is 11.5 Å². The summed E-state index contributed by atoms with van der Waals surface area (Å²) < 4.78 is 12.5. The Kier molecular flexibility index (Phi) is 5.68. The number of benzene rings is 1. The van der Waals surface area contributed by atoms with Gasteiger partial charge >= 0.3 is 0 Å². The zero-order valence-corrected chi connectivity index (χ0v) is 15.7.